The first-order chi connectivity index (χ1) is 7.80. The number of hydrogen-bond donors (Lipinski definition) is 4. The molecule has 1 rings (SSSR count). The van der Waals surface area contributed by atoms with Gasteiger partial charge in [-0.05, 0) is 19.6 Å². The van der Waals surface area contributed by atoms with Crippen molar-refractivity contribution in [2.75, 3.05) is 0 Å². The molecule has 8 heteroatoms. The van der Waals surface area contributed by atoms with Crippen LogP contribution < -0.4 is 18.6 Å². The number of hydrogen-bond acceptors (Lipinski definition) is 4. The van der Waals surface area contributed by atoms with Crippen LogP contribution in [0.5, 0.6) is 0 Å². The maximum atomic E-state index is 3.99. The van der Waals surface area contributed by atoms with Crippen LogP contribution in [0.4, 0.5) is 0 Å². The Morgan fingerprint density at radius 1 is 0.765 bits per heavy atom. The molecule has 2 unspecified atom stereocenters. The molecule has 4 nitrogen and oxygen atoms in total. The molecular formula is C9H22N4Si4. The molecule has 4 N–H and O–H groups in total. The Kier molecular flexibility index (Phi) is 4.65. The monoisotopic (exact) mass is 298 g/mol. The lowest BCUT2D eigenvalue weighted by Gasteiger charge is -2.43. The van der Waals surface area contributed by atoms with Crippen LogP contribution in [-0.4, -0.2) is 35.0 Å². The van der Waals surface area contributed by atoms with Crippen LogP contribution in [0.2, 0.25) is 19.6 Å². The third-order valence-electron chi connectivity index (χ3n) is 2.91. The van der Waals surface area contributed by atoms with Gasteiger partial charge in [-0.25, -0.2) is 0 Å². The molecule has 1 heterocycles. The summed E-state index contributed by atoms with van der Waals surface area (Å²) in [5.74, 6) is 0. The van der Waals surface area contributed by atoms with Gasteiger partial charge in [0.25, 0.3) is 0 Å². The third kappa shape index (κ3) is 3.69. The van der Waals surface area contributed by atoms with E-state index in [1.165, 1.54) is 0 Å². The number of nitrogens with one attached hydrogen (secondary N) is 4. The largest absolute Gasteiger partial charge is 0.333 e. The molecule has 17 heavy (non-hydrogen) atoms. The van der Waals surface area contributed by atoms with Gasteiger partial charge in [-0.1, -0.05) is 17.1 Å². The van der Waals surface area contributed by atoms with Crippen LogP contribution in [0, 0.1) is 0 Å². The van der Waals surface area contributed by atoms with Gasteiger partial charge in [0.1, 0.15) is 0 Å². The summed E-state index contributed by atoms with van der Waals surface area (Å²) < 4.78 is 14.7. The van der Waals surface area contributed by atoms with E-state index in [0.717, 1.165) is 0 Å². The zero-order valence-corrected chi connectivity index (χ0v) is 14.9. The smallest absolute Gasteiger partial charge is 0.232 e. The molecule has 0 aliphatic carbocycles. The molecule has 1 saturated heterocycles. The van der Waals surface area contributed by atoms with Crippen molar-refractivity contribution < 1.29 is 0 Å². The highest BCUT2D eigenvalue weighted by Gasteiger charge is 2.42. The van der Waals surface area contributed by atoms with Crippen LogP contribution in [0.15, 0.2) is 36.8 Å². The van der Waals surface area contributed by atoms with E-state index in [9.17, 15) is 0 Å². The maximum Gasteiger partial charge on any atom is 0.232 e. The van der Waals surface area contributed by atoms with Gasteiger partial charge in [-0.3, -0.25) is 0 Å². The lowest BCUT2D eigenvalue weighted by atomic mass is 11.3. The SMILES string of the molecule is C=C[Si]1(C)N[Si]N[Si](C)(C=C)N[Si](C)(C=C)N1. The summed E-state index contributed by atoms with van der Waals surface area (Å²) in [5, 5.41) is 0. The lowest BCUT2D eigenvalue weighted by molar-refractivity contribution is 1.11. The first kappa shape index (κ1) is 15.0. The Hall–Kier alpha value is -0.0725. The minimum absolute atomic E-state index is 0.528. The summed E-state index contributed by atoms with van der Waals surface area (Å²) in [5.41, 5.74) is 6.13. The van der Waals surface area contributed by atoms with Gasteiger partial charge in [-0.15, -0.1) is 19.7 Å². The van der Waals surface area contributed by atoms with E-state index in [-0.39, 0.29) is 0 Å². The Morgan fingerprint density at radius 3 is 1.41 bits per heavy atom. The fourth-order valence-electron chi connectivity index (χ4n) is 1.77. The van der Waals surface area contributed by atoms with E-state index >= 15 is 0 Å². The van der Waals surface area contributed by atoms with Crippen molar-refractivity contribution in [2.24, 2.45) is 0 Å². The van der Waals surface area contributed by atoms with Crippen LogP contribution in [-0.2, 0) is 0 Å². The maximum absolute atomic E-state index is 3.99. The molecular weight excluding hydrogens is 276 g/mol. The number of rotatable bonds is 3. The second kappa shape index (κ2) is 5.28. The molecule has 0 aromatic carbocycles. The second-order valence-corrected chi connectivity index (χ2v) is 17.5. The quantitative estimate of drug-likeness (QED) is 0.566. The van der Waals surface area contributed by atoms with E-state index in [1.807, 2.05) is 17.1 Å². The van der Waals surface area contributed by atoms with E-state index in [4.69, 9.17) is 0 Å². The third-order valence-corrected chi connectivity index (χ3v) is 18.8. The molecule has 2 atom stereocenters. The van der Waals surface area contributed by atoms with Crippen molar-refractivity contribution in [2.45, 2.75) is 19.6 Å². The van der Waals surface area contributed by atoms with Gasteiger partial charge in [-0.2, -0.15) is 0 Å². The van der Waals surface area contributed by atoms with Gasteiger partial charge in [0.2, 0.25) is 35.0 Å². The molecule has 0 amide bonds. The van der Waals surface area contributed by atoms with Gasteiger partial charge in [0.05, 0.1) is 0 Å². The van der Waals surface area contributed by atoms with Crippen molar-refractivity contribution in [1.29, 1.82) is 0 Å². The summed E-state index contributed by atoms with van der Waals surface area (Å²) >= 11 is 0. The van der Waals surface area contributed by atoms with Crippen molar-refractivity contribution in [3.8, 4) is 0 Å². The predicted octanol–water partition coefficient (Wildman–Crippen LogP) is 0.284. The normalized spacial score (nSPS) is 43.2. The van der Waals surface area contributed by atoms with Crippen molar-refractivity contribution in [3.05, 3.63) is 36.8 Å². The Labute approximate surface area is 110 Å². The average molecular weight is 299 g/mol. The van der Waals surface area contributed by atoms with Crippen LogP contribution in [0.3, 0.4) is 0 Å². The van der Waals surface area contributed by atoms with Crippen molar-refractivity contribution in [1.82, 2.24) is 18.6 Å². The average Bonchev–Trinajstić information content (AvgIpc) is 2.27. The molecule has 0 spiro atoms. The fourth-order valence-corrected chi connectivity index (χ4v) is 18.2. The van der Waals surface area contributed by atoms with Crippen LogP contribution in [0.1, 0.15) is 0 Å². The minimum Gasteiger partial charge on any atom is -0.333 e. The first-order valence-corrected chi connectivity index (χ1v) is 14.3. The summed E-state index contributed by atoms with van der Waals surface area (Å²) in [6.45, 7) is 18.6. The first-order valence-electron chi connectivity index (χ1n) is 5.59. The molecule has 1 fully saturated rings. The second-order valence-electron chi connectivity index (χ2n) is 4.84. The van der Waals surface area contributed by atoms with E-state index in [0.29, 0.717) is 9.84 Å². The summed E-state index contributed by atoms with van der Waals surface area (Å²) in [4.78, 5) is 0. The van der Waals surface area contributed by atoms with E-state index < -0.39 is 25.2 Å². The zero-order valence-electron chi connectivity index (χ0n) is 10.9. The van der Waals surface area contributed by atoms with Gasteiger partial charge < -0.3 is 18.6 Å². The van der Waals surface area contributed by atoms with E-state index in [1.54, 1.807) is 0 Å². The molecule has 1 aliphatic rings. The molecule has 0 aromatic rings. The summed E-state index contributed by atoms with van der Waals surface area (Å²) in [6.07, 6.45) is 0. The molecule has 0 bridgehead atoms. The highest BCUT2D eigenvalue weighted by Crippen LogP contribution is 2.08. The lowest BCUT2D eigenvalue weighted by Crippen LogP contribution is -2.83. The van der Waals surface area contributed by atoms with Crippen LogP contribution >= 0.6 is 0 Å². The molecule has 2 radical (unpaired) electrons. The summed E-state index contributed by atoms with van der Waals surface area (Å²) in [7, 11) is -4.94. The van der Waals surface area contributed by atoms with Gasteiger partial charge >= 0.3 is 0 Å². The van der Waals surface area contributed by atoms with Gasteiger partial charge in [0, 0.05) is 0 Å². The molecule has 0 saturated carbocycles. The standard InChI is InChI=1S/C9H22N4Si4/c1-7-15(4)10-14-11-16(5,8-2)13-17(6,9-3)12-15/h7-13H,1-3H2,4-6H3. The van der Waals surface area contributed by atoms with Crippen molar-refractivity contribution >= 4 is 35.0 Å². The predicted molar refractivity (Wildman–Crippen MR) is 83.7 cm³/mol. The Morgan fingerprint density at radius 2 is 1.12 bits per heavy atom. The fraction of sp³-hybridized carbons (Fsp3) is 0.333. The highest BCUT2D eigenvalue weighted by molar-refractivity contribution is 7.04. The Bertz CT molecular complexity index is 313. The van der Waals surface area contributed by atoms with E-state index in [2.05, 4.69) is 58.0 Å². The Balaban J connectivity index is 3.01. The minimum atomic E-state index is -1.88. The molecule has 0 aromatic heterocycles. The zero-order chi connectivity index (χ0) is 13.2. The summed E-state index contributed by atoms with van der Waals surface area (Å²) in [6, 6.07) is 0. The highest BCUT2D eigenvalue weighted by atomic mass is 28.5. The topological polar surface area (TPSA) is 48.1 Å². The molecule has 1 aliphatic heterocycles. The molecule has 94 valence electrons. The van der Waals surface area contributed by atoms with Gasteiger partial charge in [0.15, 0.2) is 0 Å². The van der Waals surface area contributed by atoms with Crippen LogP contribution in [0.25, 0.3) is 0 Å². The van der Waals surface area contributed by atoms with Crippen molar-refractivity contribution in [3.63, 3.8) is 0 Å².